The van der Waals surface area contributed by atoms with E-state index in [0.717, 1.165) is 12.8 Å². The smallest absolute Gasteiger partial charge is 0.341 e. The second-order valence-corrected chi connectivity index (χ2v) is 7.43. The van der Waals surface area contributed by atoms with Crippen molar-refractivity contribution in [2.24, 2.45) is 5.92 Å². The summed E-state index contributed by atoms with van der Waals surface area (Å²) in [5.41, 5.74) is 0.000658. The van der Waals surface area contributed by atoms with Gasteiger partial charge in [0.1, 0.15) is 16.9 Å². The van der Waals surface area contributed by atoms with Crippen LogP contribution in [0, 0.1) is 5.92 Å². The van der Waals surface area contributed by atoms with Gasteiger partial charge in [-0.15, -0.1) is 0 Å². The quantitative estimate of drug-likeness (QED) is 0.722. The van der Waals surface area contributed by atoms with Gasteiger partial charge in [0, 0.05) is 12.3 Å². The van der Waals surface area contributed by atoms with Crippen LogP contribution in [0.4, 0.5) is 5.69 Å². The second-order valence-electron chi connectivity index (χ2n) is 7.43. The van der Waals surface area contributed by atoms with Crippen LogP contribution in [0.25, 0.3) is 0 Å². The molecule has 1 N–H and O–H groups in total. The number of hydrogen-bond donors (Lipinski definition) is 1. The minimum absolute atomic E-state index is 0.0840. The third-order valence-electron chi connectivity index (χ3n) is 4.92. The van der Waals surface area contributed by atoms with Gasteiger partial charge in [0.05, 0.1) is 13.2 Å². The molecule has 1 amide bonds. The van der Waals surface area contributed by atoms with Crippen molar-refractivity contribution in [3.05, 3.63) is 23.8 Å². The molecular weight excluding hydrogens is 346 g/mol. The molecule has 0 unspecified atom stereocenters. The van der Waals surface area contributed by atoms with E-state index >= 15 is 0 Å². The molecule has 2 rings (SSSR count). The summed E-state index contributed by atoms with van der Waals surface area (Å²) in [6, 6.07) is 5.00. The van der Waals surface area contributed by atoms with Crippen LogP contribution >= 0.6 is 0 Å². The molecular formula is C21H31NO5. The van der Waals surface area contributed by atoms with E-state index in [1.807, 2.05) is 20.8 Å². The van der Waals surface area contributed by atoms with Crippen LogP contribution in [-0.2, 0) is 14.3 Å². The van der Waals surface area contributed by atoms with Crippen LogP contribution in [0.5, 0.6) is 5.75 Å². The highest BCUT2D eigenvalue weighted by atomic mass is 16.5. The highest BCUT2D eigenvalue weighted by Crippen LogP contribution is 2.36. The molecule has 27 heavy (non-hydrogen) atoms. The van der Waals surface area contributed by atoms with Crippen LogP contribution in [0.15, 0.2) is 18.2 Å². The first-order valence-corrected chi connectivity index (χ1v) is 9.65. The Labute approximate surface area is 161 Å². The summed E-state index contributed by atoms with van der Waals surface area (Å²) in [4.78, 5) is 25.1. The van der Waals surface area contributed by atoms with Crippen molar-refractivity contribution in [3.8, 4) is 5.75 Å². The number of hydrogen-bond acceptors (Lipinski definition) is 5. The summed E-state index contributed by atoms with van der Waals surface area (Å²) in [5, 5.41) is 2.92. The molecule has 0 radical (unpaired) electrons. The highest BCUT2D eigenvalue weighted by Gasteiger charge is 2.42. The van der Waals surface area contributed by atoms with E-state index in [2.05, 4.69) is 12.2 Å². The van der Waals surface area contributed by atoms with Crippen molar-refractivity contribution in [2.75, 3.05) is 19.0 Å². The van der Waals surface area contributed by atoms with Crippen molar-refractivity contribution in [1.82, 2.24) is 0 Å². The Kier molecular flexibility index (Phi) is 7.25. The zero-order chi connectivity index (χ0) is 20.0. The maximum Gasteiger partial charge on any atom is 0.341 e. The molecule has 0 aliphatic heterocycles. The van der Waals surface area contributed by atoms with E-state index in [-0.39, 0.29) is 17.6 Å². The lowest BCUT2D eigenvalue weighted by Crippen LogP contribution is -2.48. The van der Waals surface area contributed by atoms with Gasteiger partial charge >= 0.3 is 5.97 Å². The summed E-state index contributed by atoms with van der Waals surface area (Å²) in [7, 11) is 1.32. The second kappa shape index (κ2) is 9.22. The van der Waals surface area contributed by atoms with E-state index in [4.69, 9.17) is 14.2 Å². The summed E-state index contributed by atoms with van der Waals surface area (Å²) >= 11 is 0. The predicted molar refractivity (Wildman–Crippen MR) is 104 cm³/mol. The Bertz CT molecular complexity index is 663. The van der Waals surface area contributed by atoms with Crippen LogP contribution in [0.2, 0.25) is 0 Å². The molecule has 0 heterocycles. The van der Waals surface area contributed by atoms with Gasteiger partial charge < -0.3 is 19.5 Å². The summed E-state index contributed by atoms with van der Waals surface area (Å²) in [5.74, 6) is 0.364. The first-order chi connectivity index (χ1) is 12.8. The van der Waals surface area contributed by atoms with Gasteiger partial charge in [0.25, 0.3) is 5.91 Å². The standard InChI is InChI=1S/C21H31NO5/c1-6-26-21(11-9-15(4)10-12-21)20(24)22-16-7-8-18(27-14(2)3)17(13-16)19(23)25-5/h7-8,13-15H,6,9-12H2,1-5H3,(H,22,24). The topological polar surface area (TPSA) is 73.9 Å². The third-order valence-corrected chi connectivity index (χ3v) is 4.92. The van der Waals surface area contributed by atoms with Gasteiger partial charge in [-0.25, -0.2) is 4.79 Å². The van der Waals surface area contributed by atoms with E-state index in [9.17, 15) is 9.59 Å². The van der Waals surface area contributed by atoms with Gasteiger partial charge in [0.15, 0.2) is 0 Å². The molecule has 150 valence electrons. The molecule has 1 aliphatic carbocycles. The molecule has 0 atom stereocenters. The van der Waals surface area contributed by atoms with Crippen molar-refractivity contribution < 1.29 is 23.8 Å². The Morgan fingerprint density at radius 3 is 2.48 bits per heavy atom. The van der Waals surface area contributed by atoms with Crippen molar-refractivity contribution in [2.45, 2.75) is 65.1 Å². The first kappa shape index (κ1) is 21.2. The van der Waals surface area contributed by atoms with Crippen molar-refractivity contribution in [3.63, 3.8) is 0 Å². The average Bonchev–Trinajstić information content (AvgIpc) is 2.64. The number of ether oxygens (including phenoxy) is 3. The first-order valence-electron chi connectivity index (χ1n) is 9.65. The largest absolute Gasteiger partial charge is 0.490 e. The SMILES string of the molecule is CCOC1(C(=O)Nc2ccc(OC(C)C)c(C(=O)OC)c2)CCC(C)CC1. The zero-order valence-corrected chi connectivity index (χ0v) is 17.0. The van der Waals surface area contributed by atoms with E-state index < -0.39 is 11.6 Å². The molecule has 6 nitrogen and oxygen atoms in total. The fourth-order valence-corrected chi connectivity index (χ4v) is 3.42. The molecule has 0 aromatic heterocycles. The number of methoxy groups -OCH3 is 1. The third kappa shape index (κ3) is 5.22. The Morgan fingerprint density at radius 2 is 1.93 bits per heavy atom. The van der Waals surface area contributed by atoms with E-state index in [1.54, 1.807) is 18.2 Å². The average molecular weight is 377 g/mol. The molecule has 6 heteroatoms. The zero-order valence-electron chi connectivity index (χ0n) is 17.0. The fraction of sp³-hybridized carbons (Fsp3) is 0.619. The molecule has 0 saturated heterocycles. The molecule has 0 bridgehead atoms. The lowest BCUT2D eigenvalue weighted by Gasteiger charge is -2.37. The van der Waals surface area contributed by atoms with Crippen LogP contribution in [0.1, 0.15) is 63.7 Å². The van der Waals surface area contributed by atoms with Gasteiger partial charge in [-0.2, -0.15) is 0 Å². The molecule has 1 aliphatic rings. The van der Waals surface area contributed by atoms with Gasteiger partial charge in [-0.1, -0.05) is 6.92 Å². The number of amides is 1. The number of anilines is 1. The number of esters is 1. The summed E-state index contributed by atoms with van der Waals surface area (Å²) in [6.45, 7) is 8.35. The summed E-state index contributed by atoms with van der Waals surface area (Å²) < 4.78 is 16.4. The number of nitrogens with one attached hydrogen (secondary N) is 1. The van der Waals surface area contributed by atoms with Crippen LogP contribution < -0.4 is 10.1 Å². The normalized spacial score (nSPS) is 22.4. The molecule has 1 fully saturated rings. The van der Waals surface area contributed by atoms with Gasteiger partial charge in [0.2, 0.25) is 0 Å². The Morgan fingerprint density at radius 1 is 1.26 bits per heavy atom. The predicted octanol–water partition coefficient (Wildman–Crippen LogP) is 4.18. The van der Waals surface area contributed by atoms with Crippen LogP contribution in [0.3, 0.4) is 0 Å². The maximum atomic E-state index is 13.0. The Balaban J connectivity index is 2.24. The number of carbonyl (C=O) groups excluding carboxylic acids is 2. The molecule has 0 spiro atoms. The maximum absolute atomic E-state index is 13.0. The van der Waals surface area contributed by atoms with Gasteiger partial charge in [-0.05, 0) is 70.6 Å². The van der Waals surface area contributed by atoms with Crippen molar-refractivity contribution >= 4 is 17.6 Å². The minimum Gasteiger partial charge on any atom is -0.490 e. The highest BCUT2D eigenvalue weighted by molar-refractivity contribution is 5.99. The lowest BCUT2D eigenvalue weighted by atomic mass is 9.78. The summed E-state index contributed by atoms with van der Waals surface area (Å²) in [6.07, 6.45) is 3.24. The van der Waals surface area contributed by atoms with Gasteiger partial charge in [-0.3, -0.25) is 4.79 Å². The fourth-order valence-electron chi connectivity index (χ4n) is 3.42. The van der Waals surface area contributed by atoms with E-state index in [0.29, 0.717) is 36.8 Å². The van der Waals surface area contributed by atoms with Crippen molar-refractivity contribution in [1.29, 1.82) is 0 Å². The number of carbonyl (C=O) groups is 2. The lowest BCUT2D eigenvalue weighted by molar-refractivity contribution is -0.146. The number of benzene rings is 1. The molecule has 1 aromatic rings. The van der Waals surface area contributed by atoms with E-state index in [1.165, 1.54) is 7.11 Å². The molecule has 1 aromatic carbocycles. The molecule has 1 saturated carbocycles. The number of rotatable bonds is 7. The monoisotopic (exact) mass is 377 g/mol. The Hall–Kier alpha value is -2.08. The minimum atomic E-state index is -0.806. The van der Waals surface area contributed by atoms with Crippen LogP contribution in [-0.4, -0.2) is 37.3 Å².